The monoisotopic (exact) mass is 338 g/mol. The number of hydrogen-bond donors (Lipinski definition) is 3. The first-order valence-corrected chi connectivity index (χ1v) is 7.48. The number of anilines is 1. The number of rotatable bonds is 7. The first-order valence-electron chi connectivity index (χ1n) is 7.48. The Morgan fingerprint density at radius 2 is 1.88 bits per heavy atom. The molecule has 1 unspecified atom stereocenters. The molecule has 0 saturated carbocycles. The third-order valence-corrected chi connectivity index (χ3v) is 3.54. The summed E-state index contributed by atoms with van der Waals surface area (Å²) in [6.07, 6.45) is 0. The second-order valence-corrected chi connectivity index (χ2v) is 5.45. The van der Waals surface area contributed by atoms with Crippen molar-refractivity contribution in [1.82, 2.24) is 0 Å². The summed E-state index contributed by atoms with van der Waals surface area (Å²) in [6.45, 7) is 1.62. The average molecular weight is 338 g/mol. The van der Waals surface area contributed by atoms with Gasteiger partial charge in [-0.25, -0.2) is 0 Å². The van der Waals surface area contributed by atoms with E-state index < -0.39 is 17.9 Å². The Morgan fingerprint density at radius 1 is 1.20 bits per heavy atom. The lowest BCUT2D eigenvalue weighted by molar-refractivity contribution is -0.120. The molecule has 0 heterocycles. The fourth-order valence-electron chi connectivity index (χ4n) is 2.27. The molecular formula is C18H18N4O3. The zero-order valence-corrected chi connectivity index (χ0v) is 13.7. The summed E-state index contributed by atoms with van der Waals surface area (Å²) in [4.78, 5) is 22.6. The summed E-state index contributed by atoms with van der Waals surface area (Å²) in [6, 6.07) is 13.0. The number of nitrogens with zero attached hydrogens (tertiary/aromatic N) is 1. The summed E-state index contributed by atoms with van der Waals surface area (Å²) in [5.74, 6) is -0.608. The highest BCUT2D eigenvalue weighted by Crippen LogP contribution is 2.26. The second-order valence-electron chi connectivity index (χ2n) is 5.45. The maximum absolute atomic E-state index is 11.8. The van der Waals surface area contributed by atoms with E-state index in [-0.39, 0.29) is 6.61 Å². The highest BCUT2D eigenvalue weighted by Gasteiger charge is 2.18. The van der Waals surface area contributed by atoms with Gasteiger partial charge in [-0.15, -0.1) is 0 Å². The first-order chi connectivity index (χ1) is 11.9. The average Bonchev–Trinajstić information content (AvgIpc) is 2.59. The molecule has 0 spiro atoms. The Labute approximate surface area is 145 Å². The van der Waals surface area contributed by atoms with Crippen LogP contribution in [0.3, 0.4) is 0 Å². The van der Waals surface area contributed by atoms with Crippen molar-refractivity contribution in [2.75, 3.05) is 11.9 Å². The van der Waals surface area contributed by atoms with Gasteiger partial charge in [0.15, 0.2) is 6.61 Å². The van der Waals surface area contributed by atoms with Gasteiger partial charge in [0, 0.05) is 5.69 Å². The molecule has 0 aliphatic carbocycles. The summed E-state index contributed by atoms with van der Waals surface area (Å²) < 4.78 is 5.24. The van der Waals surface area contributed by atoms with Gasteiger partial charge in [0.05, 0.1) is 11.6 Å². The van der Waals surface area contributed by atoms with Crippen LogP contribution in [0, 0.1) is 18.3 Å². The number of hydrogen-bond acceptors (Lipinski definition) is 5. The maximum atomic E-state index is 11.8. The molecule has 2 aromatic rings. The van der Waals surface area contributed by atoms with Gasteiger partial charge < -0.3 is 21.5 Å². The molecule has 0 aliphatic rings. The van der Waals surface area contributed by atoms with Gasteiger partial charge in [0.1, 0.15) is 11.8 Å². The minimum absolute atomic E-state index is 0.207. The minimum atomic E-state index is -0.746. The van der Waals surface area contributed by atoms with Crippen LogP contribution in [0.15, 0.2) is 42.5 Å². The molecule has 2 rings (SSSR count). The zero-order valence-electron chi connectivity index (χ0n) is 13.7. The van der Waals surface area contributed by atoms with Crippen molar-refractivity contribution in [3.63, 3.8) is 0 Å². The molecule has 0 aliphatic heterocycles. The maximum Gasteiger partial charge on any atom is 0.255 e. The first kappa shape index (κ1) is 17.8. The highest BCUT2D eigenvalue weighted by molar-refractivity contribution is 5.85. The number of amides is 2. The summed E-state index contributed by atoms with van der Waals surface area (Å²) in [5, 5.41) is 11.9. The van der Waals surface area contributed by atoms with Crippen molar-refractivity contribution >= 4 is 17.5 Å². The van der Waals surface area contributed by atoms with E-state index in [9.17, 15) is 9.59 Å². The third kappa shape index (κ3) is 4.72. The van der Waals surface area contributed by atoms with Gasteiger partial charge >= 0.3 is 0 Å². The Balaban J connectivity index is 2.20. The van der Waals surface area contributed by atoms with Gasteiger partial charge in [0.25, 0.3) is 5.91 Å². The number of carbonyl (C=O) groups is 2. The van der Waals surface area contributed by atoms with Crippen LogP contribution in [0.4, 0.5) is 5.69 Å². The number of carbonyl (C=O) groups excluding carboxylic acids is 2. The van der Waals surface area contributed by atoms with Crippen LogP contribution in [0.5, 0.6) is 5.75 Å². The third-order valence-electron chi connectivity index (χ3n) is 3.54. The number of ether oxygens (including phenoxy) is 1. The van der Waals surface area contributed by atoms with Crippen molar-refractivity contribution in [2.24, 2.45) is 11.5 Å². The van der Waals surface area contributed by atoms with Gasteiger partial charge in [-0.1, -0.05) is 12.1 Å². The Morgan fingerprint density at radius 3 is 2.40 bits per heavy atom. The fraction of sp³-hybridized carbons (Fsp3) is 0.167. The number of nitrogens with two attached hydrogens (primary N) is 2. The smallest absolute Gasteiger partial charge is 0.255 e. The fourth-order valence-corrected chi connectivity index (χ4v) is 2.27. The number of aryl methyl sites for hydroxylation is 1. The van der Waals surface area contributed by atoms with Crippen LogP contribution in [0.25, 0.3) is 0 Å². The summed E-state index contributed by atoms with van der Waals surface area (Å²) >= 11 is 0. The Kier molecular flexibility index (Phi) is 5.58. The molecule has 0 saturated heterocycles. The van der Waals surface area contributed by atoms with Gasteiger partial charge in [-0.05, 0) is 48.4 Å². The second kappa shape index (κ2) is 7.84. The lowest BCUT2D eigenvalue weighted by atomic mass is 10.0. The van der Waals surface area contributed by atoms with Crippen molar-refractivity contribution in [1.29, 1.82) is 5.26 Å². The van der Waals surface area contributed by atoms with Crippen molar-refractivity contribution in [3.05, 3.63) is 59.2 Å². The molecule has 2 aromatic carbocycles. The quantitative estimate of drug-likeness (QED) is 0.701. The largest absolute Gasteiger partial charge is 0.484 e. The Bertz CT molecular complexity index is 825. The number of nitrogens with one attached hydrogen (secondary N) is 1. The molecule has 0 fully saturated rings. The van der Waals surface area contributed by atoms with E-state index in [0.29, 0.717) is 22.6 Å². The van der Waals surface area contributed by atoms with Crippen molar-refractivity contribution < 1.29 is 14.3 Å². The van der Waals surface area contributed by atoms with Gasteiger partial charge in [-0.3, -0.25) is 9.59 Å². The zero-order chi connectivity index (χ0) is 18.4. The molecular weight excluding hydrogens is 320 g/mol. The molecule has 25 heavy (non-hydrogen) atoms. The van der Waals surface area contributed by atoms with E-state index in [2.05, 4.69) is 5.32 Å². The summed E-state index contributed by atoms with van der Waals surface area (Å²) in [5.41, 5.74) is 13.2. The van der Waals surface area contributed by atoms with Crippen LogP contribution < -0.4 is 21.5 Å². The van der Waals surface area contributed by atoms with Crippen LogP contribution >= 0.6 is 0 Å². The van der Waals surface area contributed by atoms with Crippen LogP contribution in [0.2, 0.25) is 0 Å². The van der Waals surface area contributed by atoms with E-state index in [1.54, 1.807) is 42.5 Å². The van der Waals surface area contributed by atoms with Crippen molar-refractivity contribution in [3.8, 4) is 11.8 Å². The SMILES string of the molecule is Cc1cc(OCC(N)=O)ccc1NC(C(N)=O)c1ccc(C#N)cc1. The molecule has 7 nitrogen and oxygen atoms in total. The van der Waals surface area contributed by atoms with Crippen LogP contribution in [-0.4, -0.2) is 18.4 Å². The molecule has 128 valence electrons. The molecule has 0 bridgehead atoms. The molecule has 5 N–H and O–H groups in total. The minimum Gasteiger partial charge on any atom is -0.484 e. The van der Waals surface area contributed by atoms with E-state index in [4.69, 9.17) is 21.5 Å². The van der Waals surface area contributed by atoms with E-state index in [0.717, 1.165) is 5.56 Å². The Hall–Kier alpha value is -3.53. The topological polar surface area (TPSA) is 131 Å². The van der Waals surface area contributed by atoms with E-state index in [1.165, 1.54) is 0 Å². The van der Waals surface area contributed by atoms with E-state index in [1.807, 2.05) is 13.0 Å². The van der Waals surface area contributed by atoms with Crippen LogP contribution in [0.1, 0.15) is 22.7 Å². The molecule has 2 amide bonds. The molecule has 0 aromatic heterocycles. The van der Waals surface area contributed by atoms with Gasteiger partial charge in [0.2, 0.25) is 5.91 Å². The molecule has 1 atom stereocenters. The number of primary amides is 2. The summed E-state index contributed by atoms with van der Waals surface area (Å²) in [7, 11) is 0. The van der Waals surface area contributed by atoms with Gasteiger partial charge in [-0.2, -0.15) is 5.26 Å². The highest BCUT2D eigenvalue weighted by atomic mass is 16.5. The predicted octanol–water partition coefficient (Wildman–Crippen LogP) is 1.37. The number of nitriles is 1. The van der Waals surface area contributed by atoms with Crippen molar-refractivity contribution in [2.45, 2.75) is 13.0 Å². The standard InChI is InChI=1S/C18H18N4O3/c1-11-8-14(25-10-16(20)23)6-7-15(11)22-17(18(21)24)13-4-2-12(9-19)3-5-13/h2-8,17,22H,10H2,1H3,(H2,20,23)(H2,21,24). The lowest BCUT2D eigenvalue weighted by Crippen LogP contribution is -2.28. The molecule has 7 heteroatoms. The van der Waals surface area contributed by atoms with E-state index >= 15 is 0 Å². The number of benzene rings is 2. The van der Waals surface area contributed by atoms with Crippen LogP contribution in [-0.2, 0) is 9.59 Å². The normalized spacial score (nSPS) is 11.2. The molecule has 0 radical (unpaired) electrons. The predicted molar refractivity (Wildman–Crippen MR) is 92.6 cm³/mol. The lowest BCUT2D eigenvalue weighted by Gasteiger charge is -2.19.